The summed E-state index contributed by atoms with van der Waals surface area (Å²) in [7, 11) is 0. The van der Waals surface area contributed by atoms with Gasteiger partial charge in [-0.3, -0.25) is 4.79 Å². The smallest absolute Gasteiger partial charge is 0.268 e. The number of aromatic nitrogens is 2. The van der Waals surface area contributed by atoms with Crippen LogP contribution in [0.25, 0.3) is 0 Å². The fourth-order valence-corrected chi connectivity index (χ4v) is 2.39. The van der Waals surface area contributed by atoms with Crippen molar-refractivity contribution in [2.24, 2.45) is 0 Å². The Morgan fingerprint density at radius 2 is 2.05 bits per heavy atom. The first-order chi connectivity index (χ1) is 10.1. The molecule has 0 saturated heterocycles. The Hall–Kier alpha value is -1.36. The van der Waals surface area contributed by atoms with Crippen LogP contribution in [0.4, 0.5) is 5.69 Å². The summed E-state index contributed by atoms with van der Waals surface area (Å²) in [5, 5.41) is 7.75. The molecule has 0 aromatic carbocycles. The summed E-state index contributed by atoms with van der Waals surface area (Å²) >= 11 is 0. The molecule has 0 spiro atoms. The van der Waals surface area contributed by atoms with Crippen LogP contribution in [-0.2, 0) is 6.54 Å². The molecule has 0 radical (unpaired) electrons. The van der Waals surface area contributed by atoms with Crippen molar-refractivity contribution < 1.29 is 0 Å². The van der Waals surface area contributed by atoms with E-state index in [4.69, 9.17) is 0 Å². The third kappa shape index (κ3) is 5.87. The standard InChI is InChI=1S/C16H30N4O/c1-5-10-17-14(4)9-8-11-20-16(21)12-15(13-18-20)19(6-2)7-3/h12-14,17H,5-11H2,1-4H3. The van der Waals surface area contributed by atoms with Crippen LogP contribution in [-0.4, -0.2) is 35.5 Å². The lowest BCUT2D eigenvalue weighted by molar-refractivity contribution is 0.455. The quantitative estimate of drug-likeness (QED) is 0.719. The summed E-state index contributed by atoms with van der Waals surface area (Å²) in [5.74, 6) is 0. The van der Waals surface area contributed by atoms with Crippen molar-refractivity contribution in [2.45, 2.75) is 59.5 Å². The summed E-state index contributed by atoms with van der Waals surface area (Å²) < 4.78 is 1.57. The van der Waals surface area contributed by atoms with Crippen LogP contribution in [0.15, 0.2) is 17.1 Å². The van der Waals surface area contributed by atoms with Crippen LogP contribution in [0.3, 0.4) is 0 Å². The second-order valence-corrected chi connectivity index (χ2v) is 5.44. The molecule has 1 N–H and O–H groups in total. The zero-order valence-electron chi connectivity index (χ0n) is 13.9. The molecule has 0 fully saturated rings. The van der Waals surface area contributed by atoms with Gasteiger partial charge in [-0.05, 0) is 46.6 Å². The Morgan fingerprint density at radius 1 is 1.33 bits per heavy atom. The largest absolute Gasteiger partial charge is 0.371 e. The zero-order chi connectivity index (χ0) is 15.7. The normalized spacial score (nSPS) is 12.4. The van der Waals surface area contributed by atoms with Crippen LogP contribution < -0.4 is 15.8 Å². The summed E-state index contributed by atoms with van der Waals surface area (Å²) in [5.41, 5.74) is 0.910. The molecule has 1 aromatic heterocycles. The maximum Gasteiger partial charge on any atom is 0.268 e. The first-order valence-corrected chi connectivity index (χ1v) is 8.17. The highest BCUT2D eigenvalue weighted by Crippen LogP contribution is 2.08. The van der Waals surface area contributed by atoms with E-state index in [0.717, 1.165) is 44.6 Å². The molecule has 1 heterocycles. The van der Waals surface area contributed by atoms with Crippen LogP contribution in [0.1, 0.15) is 47.0 Å². The minimum absolute atomic E-state index is 0.00595. The average molecular weight is 294 g/mol. The summed E-state index contributed by atoms with van der Waals surface area (Å²) in [6.07, 6.45) is 4.98. The summed E-state index contributed by atoms with van der Waals surface area (Å²) in [6, 6.07) is 2.19. The first kappa shape index (κ1) is 17.7. The van der Waals surface area contributed by atoms with Crippen molar-refractivity contribution >= 4 is 5.69 Å². The van der Waals surface area contributed by atoms with Gasteiger partial charge in [0.2, 0.25) is 0 Å². The highest BCUT2D eigenvalue weighted by atomic mass is 16.1. The van der Waals surface area contributed by atoms with Crippen LogP contribution in [0.5, 0.6) is 0 Å². The molecule has 21 heavy (non-hydrogen) atoms. The third-order valence-corrected chi connectivity index (χ3v) is 3.73. The van der Waals surface area contributed by atoms with E-state index in [9.17, 15) is 4.79 Å². The third-order valence-electron chi connectivity index (χ3n) is 3.73. The summed E-state index contributed by atoms with van der Waals surface area (Å²) in [6.45, 7) is 12.0. The highest BCUT2D eigenvalue weighted by molar-refractivity contribution is 5.42. The Bertz CT molecular complexity index is 454. The molecule has 0 aliphatic carbocycles. The molecule has 0 amide bonds. The molecular formula is C16H30N4O. The van der Waals surface area contributed by atoms with Crippen LogP contribution in [0.2, 0.25) is 0 Å². The minimum atomic E-state index is -0.00595. The van der Waals surface area contributed by atoms with E-state index < -0.39 is 0 Å². The Balaban J connectivity index is 2.51. The molecule has 0 aliphatic rings. The number of nitrogens with zero attached hydrogens (tertiary/aromatic N) is 3. The van der Waals surface area contributed by atoms with Crippen LogP contribution >= 0.6 is 0 Å². The van der Waals surface area contributed by atoms with Crippen molar-refractivity contribution in [1.82, 2.24) is 15.1 Å². The lowest BCUT2D eigenvalue weighted by atomic mass is 10.2. The number of hydrogen-bond donors (Lipinski definition) is 1. The molecule has 1 atom stereocenters. The van der Waals surface area contributed by atoms with Gasteiger partial charge in [0, 0.05) is 31.7 Å². The molecule has 5 heteroatoms. The molecular weight excluding hydrogens is 264 g/mol. The Kier molecular flexibility index (Phi) is 8.05. The lowest BCUT2D eigenvalue weighted by Gasteiger charge is -2.20. The zero-order valence-corrected chi connectivity index (χ0v) is 13.9. The van der Waals surface area contributed by atoms with Crippen molar-refractivity contribution in [3.8, 4) is 0 Å². The number of hydrogen-bond acceptors (Lipinski definition) is 4. The molecule has 1 unspecified atom stereocenters. The van der Waals surface area contributed by atoms with Crippen molar-refractivity contribution in [2.75, 3.05) is 24.5 Å². The van der Waals surface area contributed by atoms with Gasteiger partial charge < -0.3 is 10.2 Å². The van der Waals surface area contributed by atoms with Crippen molar-refractivity contribution in [3.63, 3.8) is 0 Å². The predicted molar refractivity (Wildman–Crippen MR) is 89.0 cm³/mol. The van der Waals surface area contributed by atoms with Gasteiger partial charge in [0.25, 0.3) is 5.56 Å². The fourth-order valence-electron chi connectivity index (χ4n) is 2.39. The molecule has 5 nitrogen and oxygen atoms in total. The number of aryl methyl sites for hydroxylation is 1. The number of anilines is 1. The van der Waals surface area contributed by atoms with Crippen molar-refractivity contribution in [3.05, 3.63) is 22.6 Å². The van der Waals surface area contributed by atoms with Crippen molar-refractivity contribution in [1.29, 1.82) is 0 Å². The molecule has 1 aromatic rings. The second kappa shape index (κ2) is 9.55. The molecule has 1 rings (SSSR count). The fraction of sp³-hybridized carbons (Fsp3) is 0.750. The maximum atomic E-state index is 12.1. The van der Waals surface area contributed by atoms with Crippen LogP contribution in [0, 0.1) is 0 Å². The lowest BCUT2D eigenvalue weighted by Crippen LogP contribution is -2.29. The summed E-state index contributed by atoms with van der Waals surface area (Å²) in [4.78, 5) is 14.2. The first-order valence-electron chi connectivity index (χ1n) is 8.17. The van der Waals surface area contributed by atoms with Gasteiger partial charge in [-0.1, -0.05) is 6.92 Å². The van der Waals surface area contributed by atoms with Gasteiger partial charge in [0.1, 0.15) is 0 Å². The molecule has 0 saturated carbocycles. The van der Waals surface area contributed by atoms with E-state index in [-0.39, 0.29) is 5.56 Å². The second-order valence-electron chi connectivity index (χ2n) is 5.44. The topological polar surface area (TPSA) is 50.2 Å². The predicted octanol–water partition coefficient (Wildman–Crippen LogP) is 2.26. The van der Waals surface area contributed by atoms with Gasteiger partial charge in [0.05, 0.1) is 11.9 Å². The molecule has 0 aliphatic heterocycles. The van der Waals surface area contributed by atoms with E-state index >= 15 is 0 Å². The molecule has 120 valence electrons. The van der Waals surface area contributed by atoms with Gasteiger partial charge >= 0.3 is 0 Å². The SMILES string of the molecule is CCCNC(C)CCCn1ncc(N(CC)CC)cc1=O. The Labute approximate surface area is 128 Å². The van der Waals surface area contributed by atoms with Gasteiger partial charge in [0.15, 0.2) is 0 Å². The average Bonchev–Trinajstić information content (AvgIpc) is 2.48. The minimum Gasteiger partial charge on any atom is -0.371 e. The van der Waals surface area contributed by atoms with E-state index in [1.807, 2.05) is 0 Å². The van der Waals surface area contributed by atoms with Gasteiger partial charge in [-0.15, -0.1) is 0 Å². The monoisotopic (exact) mass is 294 g/mol. The van der Waals surface area contributed by atoms with E-state index in [2.05, 4.69) is 43.0 Å². The van der Waals surface area contributed by atoms with E-state index in [1.165, 1.54) is 0 Å². The van der Waals surface area contributed by atoms with Gasteiger partial charge in [-0.2, -0.15) is 5.10 Å². The highest BCUT2D eigenvalue weighted by Gasteiger charge is 2.06. The maximum absolute atomic E-state index is 12.1. The Morgan fingerprint density at radius 3 is 2.62 bits per heavy atom. The van der Waals surface area contributed by atoms with E-state index in [1.54, 1.807) is 16.9 Å². The molecule has 0 bridgehead atoms. The number of rotatable bonds is 10. The van der Waals surface area contributed by atoms with E-state index in [0.29, 0.717) is 12.6 Å². The van der Waals surface area contributed by atoms with Gasteiger partial charge in [-0.25, -0.2) is 4.68 Å². The number of nitrogens with one attached hydrogen (secondary N) is 1.